The third kappa shape index (κ3) is 4.32. The van der Waals surface area contributed by atoms with E-state index < -0.39 is 0 Å². The number of rotatable bonds is 4. The van der Waals surface area contributed by atoms with Crippen LogP contribution in [0.2, 0.25) is 0 Å². The highest BCUT2D eigenvalue weighted by Gasteiger charge is 2.16. The van der Waals surface area contributed by atoms with Gasteiger partial charge in [-0.25, -0.2) is 4.98 Å². The maximum atomic E-state index is 12.1. The van der Waals surface area contributed by atoms with Gasteiger partial charge in [-0.2, -0.15) is 0 Å². The molecule has 2 aromatic rings. The number of hydrogen-bond donors (Lipinski definition) is 1. The van der Waals surface area contributed by atoms with Crippen molar-refractivity contribution in [3.05, 3.63) is 52.4 Å². The summed E-state index contributed by atoms with van der Waals surface area (Å²) in [5, 5.41) is 2.89. The summed E-state index contributed by atoms with van der Waals surface area (Å²) >= 11 is 3.32. The minimum absolute atomic E-state index is 0.141. The van der Waals surface area contributed by atoms with Crippen molar-refractivity contribution in [2.24, 2.45) is 5.92 Å². The largest absolute Gasteiger partial charge is 0.357 e. The predicted octanol–water partition coefficient (Wildman–Crippen LogP) is 3.41. The van der Waals surface area contributed by atoms with Crippen molar-refractivity contribution in [2.45, 2.75) is 26.3 Å². The van der Waals surface area contributed by atoms with E-state index in [4.69, 9.17) is 0 Å². The fourth-order valence-electron chi connectivity index (χ4n) is 2.77. The third-order valence-corrected chi connectivity index (χ3v) is 4.77. The minimum atomic E-state index is -0.141. The first kappa shape index (κ1) is 16.9. The zero-order valence-electron chi connectivity index (χ0n) is 13.7. The second-order valence-corrected chi connectivity index (χ2v) is 7.18. The van der Waals surface area contributed by atoms with Gasteiger partial charge < -0.3 is 10.2 Å². The summed E-state index contributed by atoms with van der Waals surface area (Å²) in [7, 11) is 0. The Kier molecular flexibility index (Phi) is 5.45. The first-order valence-corrected chi connectivity index (χ1v) is 9.00. The maximum absolute atomic E-state index is 12.1. The number of hydrogen-bond acceptors (Lipinski definition) is 4. The van der Waals surface area contributed by atoms with Crippen molar-refractivity contribution in [2.75, 3.05) is 18.0 Å². The number of carbonyl (C=O) groups excluding carboxylic acids is 1. The van der Waals surface area contributed by atoms with Crippen LogP contribution in [-0.2, 0) is 6.54 Å². The molecule has 1 aliphatic heterocycles. The fraction of sp³-hybridized carbons (Fsp3) is 0.389. The number of carbonyl (C=O) groups is 1. The zero-order chi connectivity index (χ0) is 16.9. The molecule has 126 valence electrons. The van der Waals surface area contributed by atoms with Crippen LogP contribution in [0.3, 0.4) is 0 Å². The van der Waals surface area contributed by atoms with Crippen LogP contribution in [0, 0.1) is 5.92 Å². The summed E-state index contributed by atoms with van der Waals surface area (Å²) < 4.78 is 0.789. The molecule has 0 atom stereocenters. The lowest BCUT2D eigenvalue weighted by Gasteiger charge is -2.31. The lowest BCUT2D eigenvalue weighted by molar-refractivity contribution is 0.0950. The molecule has 5 nitrogen and oxygen atoms in total. The Morgan fingerprint density at radius 2 is 2.08 bits per heavy atom. The van der Waals surface area contributed by atoms with Crippen LogP contribution in [0.25, 0.3) is 0 Å². The topological polar surface area (TPSA) is 58.1 Å². The molecule has 0 aromatic carbocycles. The van der Waals surface area contributed by atoms with Crippen LogP contribution in [0.15, 0.2) is 41.3 Å². The summed E-state index contributed by atoms with van der Waals surface area (Å²) in [6.45, 7) is 4.90. The highest BCUT2D eigenvalue weighted by Crippen LogP contribution is 2.21. The third-order valence-electron chi connectivity index (χ3n) is 4.34. The van der Waals surface area contributed by atoms with Crippen molar-refractivity contribution in [3.63, 3.8) is 0 Å². The van der Waals surface area contributed by atoms with Gasteiger partial charge >= 0.3 is 0 Å². The molecule has 3 heterocycles. The molecule has 24 heavy (non-hydrogen) atoms. The van der Waals surface area contributed by atoms with E-state index >= 15 is 0 Å². The Balaban J connectivity index is 1.55. The molecule has 1 fully saturated rings. The van der Waals surface area contributed by atoms with Crippen molar-refractivity contribution >= 4 is 27.7 Å². The van der Waals surface area contributed by atoms with Crippen molar-refractivity contribution in [3.8, 4) is 0 Å². The number of amides is 1. The Labute approximate surface area is 150 Å². The smallest absolute Gasteiger partial charge is 0.253 e. The van der Waals surface area contributed by atoms with E-state index in [1.54, 1.807) is 18.5 Å². The van der Waals surface area contributed by atoms with Gasteiger partial charge in [0.05, 0.1) is 5.56 Å². The summed E-state index contributed by atoms with van der Waals surface area (Å²) in [5.41, 5.74) is 1.52. The molecule has 0 saturated carbocycles. The lowest BCUT2D eigenvalue weighted by Crippen LogP contribution is -2.33. The average Bonchev–Trinajstić information content (AvgIpc) is 2.61. The molecule has 0 spiro atoms. The second-order valence-electron chi connectivity index (χ2n) is 6.27. The molecule has 1 saturated heterocycles. The van der Waals surface area contributed by atoms with E-state index in [1.807, 2.05) is 18.3 Å². The number of nitrogens with zero attached hydrogens (tertiary/aromatic N) is 3. The standard InChI is InChI=1S/C18H21BrN4O/c1-13-4-6-23(7-5-13)17-3-2-14(9-21-17)10-22-18(24)15-8-16(19)12-20-11-15/h2-3,8-9,11-13H,4-7,10H2,1H3,(H,22,24). The minimum Gasteiger partial charge on any atom is -0.357 e. The number of nitrogens with one attached hydrogen (secondary N) is 1. The maximum Gasteiger partial charge on any atom is 0.253 e. The van der Waals surface area contributed by atoms with E-state index in [0.29, 0.717) is 12.1 Å². The van der Waals surface area contributed by atoms with E-state index in [0.717, 1.165) is 34.9 Å². The summed E-state index contributed by atoms with van der Waals surface area (Å²) in [6, 6.07) is 5.82. The Hall–Kier alpha value is -1.95. The molecule has 0 radical (unpaired) electrons. The second kappa shape index (κ2) is 7.75. The fourth-order valence-corrected chi connectivity index (χ4v) is 3.13. The van der Waals surface area contributed by atoms with E-state index in [1.165, 1.54) is 12.8 Å². The van der Waals surface area contributed by atoms with E-state index in [-0.39, 0.29) is 5.91 Å². The van der Waals surface area contributed by atoms with Gasteiger partial charge in [0.2, 0.25) is 0 Å². The van der Waals surface area contributed by atoms with Crippen molar-refractivity contribution < 1.29 is 4.79 Å². The number of aromatic nitrogens is 2. The molecule has 1 amide bonds. The summed E-state index contributed by atoms with van der Waals surface area (Å²) in [6.07, 6.45) is 7.49. The van der Waals surface area contributed by atoms with Gasteiger partial charge in [-0.05, 0) is 52.4 Å². The first-order valence-electron chi connectivity index (χ1n) is 8.20. The van der Waals surface area contributed by atoms with Crippen molar-refractivity contribution in [1.29, 1.82) is 0 Å². The molecule has 1 N–H and O–H groups in total. The van der Waals surface area contributed by atoms with Crippen LogP contribution in [0.1, 0.15) is 35.7 Å². The molecule has 0 unspecified atom stereocenters. The highest BCUT2D eigenvalue weighted by atomic mass is 79.9. The number of anilines is 1. The highest BCUT2D eigenvalue weighted by molar-refractivity contribution is 9.10. The van der Waals surface area contributed by atoms with Crippen LogP contribution < -0.4 is 10.2 Å². The quantitative estimate of drug-likeness (QED) is 0.871. The van der Waals surface area contributed by atoms with Crippen LogP contribution in [0.4, 0.5) is 5.82 Å². The van der Waals surface area contributed by atoms with Crippen molar-refractivity contribution in [1.82, 2.24) is 15.3 Å². The van der Waals surface area contributed by atoms with E-state index in [2.05, 4.69) is 43.0 Å². The molecule has 6 heteroatoms. The SMILES string of the molecule is CC1CCN(c2ccc(CNC(=O)c3cncc(Br)c3)cn2)CC1. The predicted molar refractivity (Wildman–Crippen MR) is 98.0 cm³/mol. The lowest BCUT2D eigenvalue weighted by atomic mass is 9.99. The van der Waals surface area contributed by atoms with Gasteiger partial charge in [0.1, 0.15) is 5.82 Å². The zero-order valence-corrected chi connectivity index (χ0v) is 15.3. The first-order chi connectivity index (χ1) is 11.6. The van der Waals surface area contributed by atoms with Gasteiger partial charge in [0, 0.05) is 42.7 Å². The van der Waals surface area contributed by atoms with Gasteiger partial charge in [-0.3, -0.25) is 9.78 Å². The molecule has 2 aromatic heterocycles. The monoisotopic (exact) mass is 388 g/mol. The van der Waals surface area contributed by atoms with Gasteiger partial charge in [0.15, 0.2) is 0 Å². The van der Waals surface area contributed by atoms with Crippen LogP contribution >= 0.6 is 15.9 Å². The molecule has 1 aliphatic rings. The van der Waals surface area contributed by atoms with E-state index in [9.17, 15) is 4.79 Å². The Bertz CT molecular complexity index is 696. The number of pyridine rings is 2. The van der Waals surface area contributed by atoms with Crippen LogP contribution in [-0.4, -0.2) is 29.0 Å². The molecule has 0 aliphatic carbocycles. The number of piperidine rings is 1. The van der Waals surface area contributed by atoms with Gasteiger partial charge in [-0.15, -0.1) is 0 Å². The normalized spacial score (nSPS) is 15.3. The molecule has 0 bridgehead atoms. The van der Waals surface area contributed by atoms with Gasteiger partial charge in [-0.1, -0.05) is 13.0 Å². The van der Waals surface area contributed by atoms with Crippen LogP contribution in [0.5, 0.6) is 0 Å². The summed E-state index contributed by atoms with van der Waals surface area (Å²) in [5.74, 6) is 1.69. The molecular formula is C18H21BrN4O. The summed E-state index contributed by atoms with van der Waals surface area (Å²) in [4.78, 5) is 23.0. The number of halogens is 1. The average molecular weight is 389 g/mol. The molecule has 3 rings (SSSR count). The van der Waals surface area contributed by atoms with Gasteiger partial charge in [0.25, 0.3) is 5.91 Å². The Morgan fingerprint density at radius 3 is 2.75 bits per heavy atom. The Morgan fingerprint density at radius 1 is 1.29 bits per heavy atom. The molecular weight excluding hydrogens is 368 g/mol.